The molecule has 0 aromatic heterocycles. The first kappa shape index (κ1) is 15.2. The molecule has 1 rings (SSSR count). The number of alkyl halides is 3. The van der Waals surface area contributed by atoms with Gasteiger partial charge in [-0.3, -0.25) is 0 Å². The lowest BCUT2D eigenvalue weighted by Crippen LogP contribution is -2.13. The molecule has 0 radical (unpaired) electrons. The second-order valence-corrected chi connectivity index (χ2v) is 3.38. The van der Waals surface area contributed by atoms with Crippen molar-refractivity contribution in [3.63, 3.8) is 0 Å². The van der Waals surface area contributed by atoms with E-state index in [1.807, 2.05) is 0 Å². The maximum absolute atomic E-state index is 13.6. The highest BCUT2D eigenvalue weighted by Gasteiger charge is 2.36. The molecular weight excluding hydrogens is 272 g/mol. The van der Waals surface area contributed by atoms with Gasteiger partial charge in [-0.05, 0) is 12.1 Å². The molecule has 0 unspecified atom stereocenters. The van der Waals surface area contributed by atoms with Gasteiger partial charge < -0.3 is 14.2 Å². The Morgan fingerprint density at radius 2 is 1.89 bits per heavy atom. The highest BCUT2D eigenvalue weighted by atomic mass is 19.4. The summed E-state index contributed by atoms with van der Waals surface area (Å²) in [6.45, 7) is -0.459. The minimum Gasteiger partial charge on any atom is -0.465 e. The zero-order chi connectivity index (χ0) is 14.6. The Bertz CT molecular complexity index is 470. The Morgan fingerprint density at radius 1 is 1.26 bits per heavy atom. The Labute approximate surface area is 105 Å². The van der Waals surface area contributed by atoms with E-state index in [-0.39, 0.29) is 0 Å². The van der Waals surface area contributed by atoms with E-state index in [2.05, 4.69) is 14.2 Å². The summed E-state index contributed by atoms with van der Waals surface area (Å²) in [4.78, 5) is 11.2. The molecule has 0 atom stereocenters. The molecule has 8 heteroatoms. The highest BCUT2D eigenvalue weighted by Crippen LogP contribution is 2.36. The number of carbonyl (C=O) groups excluding carboxylic acids is 1. The van der Waals surface area contributed by atoms with Gasteiger partial charge in [0.05, 0.1) is 18.2 Å². The number of benzene rings is 1. The quantitative estimate of drug-likeness (QED) is 0.484. The predicted octanol–water partition coefficient (Wildman–Crippen LogP) is 2.61. The lowest BCUT2D eigenvalue weighted by Gasteiger charge is -2.13. The lowest BCUT2D eigenvalue weighted by atomic mass is 10.1. The zero-order valence-electron chi connectivity index (χ0n) is 10.0. The fraction of sp³-hybridized carbons (Fsp3) is 0.364. The van der Waals surface area contributed by atoms with Crippen LogP contribution >= 0.6 is 0 Å². The van der Waals surface area contributed by atoms with Crippen LogP contribution in [-0.4, -0.2) is 27.0 Å². The summed E-state index contributed by atoms with van der Waals surface area (Å²) in [6, 6.07) is 1.18. The van der Waals surface area contributed by atoms with E-state index in [4.69, 9.17) is 0 Å². The Morgan fingerprint density at radius 3 is 2.37 bits per heavy atom. The molecule has 0 aliphatic rings. The molecule has 19 heavy (non-hydrogen) atoms. The second-order valence-electron chi connectivity index (χ2n) is 3.38. The average Bonchev–Trinajstić information content (AvgIpc) is 2.35. The smallest absolute Gasteiger partial charge is 0.419 e. The van der Waals surface area contributed by atoms with Gasteiger partial charge in [0.1, 0.15) is 0 Å². The molecule has 0 fully saturated rings. The Balaban J connectivity index is 3.34. The van der Waals surface area contributed by atoms with Crippen molar-refractivity contribution in [1.82, 2.24) is 0 Å². The summed E-state index contributed by atoms with van der Waals surface area (Å²) in [6.07, 6.45) is -4.96. The van der Waals surface area contributed by atoms with Crippen LogP contribution in [0.25, 0.3) is 0 Å². The van der Waals surface area contributed by atoms with E-state index < -0.39 is 41.6 Å². The number of hydrogen-bond donors (Lipinski definition) is 0. The third-order valence-electron chi connectivity index (χ3n) is 2.10. The summed E-state index contributed by atoms with van der Waals surface area (Å²) in [5.41, 5.74) is -2.08. The Kier molecular flexibility index (Phi) is 4.71. The van der Waals surface area contributed by atoms with Gasteiger partial charge in [0.2, 0.25) is 0 Å². The van der Waals surface area contributed by atoms with Crippen LogP contribution in [0.4, 0.5) is 17.6 Å². The van der Waals surface area contributed by atoms with Crippen molar-refractivity contribution in [1.29, 1.82) is 0 Å². The number of halogens is 4. The number of carbonyl (C=O) groups is 1. The lowest BCUT2D eigenvalue weighted by molar-refractivity contribution is -0.140. The van der Waals surface area contributed by atoms with Crippen molar-refractivity contribution >= 4 is 5.97 Å². The normalized spacial score (nSPS) is 11.3. The fourth-order valence-electron chi connectivity index (χ4n) is 1.27. The summed E-state index contributed by atoms with van der Waals surface area (Å²) < 4.78 is 64.9. The summed E-state index contributed by atoms with van der Waals surface area (Å²) in [5, 5.41) is 0. The maximum atomic E-state index is 13.6. The van der Waals surface area contributed by atoms with E-state index in [9.17, 15) is 22.4 Å². The molecule has 1 aromatic carbocycles. The predicted molar refractivity (Wildman–Crippen MR) is 55.2 cm³/mol. The Hall–Kier alpha value is -1.83. The van der Waals surface area contributed by atoms with Crippen LogP contribution in [0.1, 0.15) is 15.9 Å². The first-order chi connectivity index (χ1) is 8.81. The van der Waals surface area contributed by atoms with Gasteiger partial charge in [0.15, 0.2) is 18.4 Å². The van der Waals surface area contributed by atoms with Gasteiger partial charge in [0.25, 0.3) is 0 Å². The van der Waals surface area contributed by atoms with Gasteiger partial charge >= 0.3 is 12.1 Å². The van der Waals surface area contributed by atoms with E-state index >= 15 is 0 Å². The standard InChI is InChI=1S/C11H10F4O4/c1-17-5-19-8-4-6(10(16)18-2)3-7(9(8)12)11(13,14)15/h3-4H,5H2,1-2H3. The molecular formula is C11H10F4O4. The molecule has 1 aromatic rings. The van der Waals surface area contributed by atoms with Crippen LogP contribution < -0.4 is 4.74 Å². The molecule has 0 aliphatic carbocycles. The summed E-state index contributed by atoms with van der Waals surface area (Å²) in [5.74, 6) is -3.39. The minimum atomic E-state index is -4.96. The monoisotopic (exact) mass is 282 g/mol. The molecule has 0 bridgehead atoms. The highest BCUT2D eigenvalue weighted by molar-refractivity contribution is 5.90. The number of esters is 1. The topological polar surface area (TPSA) is 44.8 Å². The van der Waals surface area contributed by atoms with Crippen LogP contribution in [0, 0.1) is 5.82 Å². The van der Waals surface area contributed by atoms with Gasteiger partial charge in [-0.25, -0.2) is 9.18 Å². The molecule has 0 heterocycles. The van der Waals surface area contributed by atoms with Crippen molar-refractivity contribution in [3.8, 4) is 5.75 Å². The third kappa shape index (κ3) is 3.57. The SMILES string of the molecule is COCOc1cc(C(=O)OC)cc(C(F)(F)F)c1F. The van der Waals surface area contributed by atoms with E-state index in [1.54, 1.807) is 0 Å². The van der Waals surface area contributed by atoms with Crippen LogP contribution in [0.15, 0.2) is 12.1 Å². The van der Waals surface area contributed by atoms with Crippen LogP contribution in [-0.2, 0) is 15.7 Å². The molecule has 4 nitrogen and oxygen atoms in total. The van der Waals surface area contributed by atoms with E-state index in [1.165, 1.54) is 7.11 Å². The van der Waals surface area contributed by atoms with Gasteiger partial charge in [-0.2, -0.15) is 13.2 Å². The first-order valence-electron chi connectivity index (χ1n) is 4.92. The molecule has 0 aliphatic heterocycles. The van der Waals surface area contributed by atoms with Gasteiger partial charge in [0, 0.05) is 7.11 Å². The molecule has 0 N–H and O–H groups in total. The zero-order valence-corrected chi connectivity index (χ0v) is 10.0. The van der Waals surface area contributed by atoms with Crippen molar-refractivity contribution in [2.75, 3.05) is 21.0 Å². The maximum Gasteiger partial charge on any atom is 0.419 e. The van der Waals surface area contributed by atoms with Crippen LogP contribution in [0.2, 0.25) is 0 Å². The number of hydrogen-bond acceptors (Lipinski definition) is 4. The number of rotatable bonds is 4. The van der Waals surface area contributed by atoms with Crippen LogP contribution in [0.3, 0.4) is 0 Å². The minimum absolute atomic E-state index is 0.362. The summed E-state index contributed by atoms with van der Waals surface area (Å²) >= 11 is 0. The summed E-state index contributed by atoms with van der Waals surface area (Å²) in [7, 11) is 2.21. The third-order valence-corrected chi connectivity index (χ3v) is 2.10. The molecule has 0 saturated carbocycles. The molecule has 0 saturated heterocycles. The van der Waals surface area contributed by atoms with Gasteiger partial charge in [-0.15, -0.1) is 0 Å². The largest absolute Gasteiger partial charge is 0.465 e. The van der Waals surface area contributed by atoms with Gasteiger partial charge in [-0.1, -0.05) is 0 Å². The van der Waals surface area contributed by atoms with E-state index in [0.717, 1.165) is 13.2 Å². The number of ether oxygens (including phenoxy) is 3. The fourth-order valence-corrected chi connectivity index (χ4v) is 1.27. The number of methoxy groups -OCH3 is 2. The van der Waals surface area contributed by atoms with E-state index in [0.29, 0.717) is 6.07 Å². The van der Waals surface area contributed by atoms with Crippen molar-refractivity contribution < 1.29 is 36.6 Å². The second kappa shape index (κ2) is 5.87. The molecule has 106 valence electrons. The first-order valence-corrected chi connectivity index (χ1v) is 4.92. The molecule has 0 spiro atoms. The van der Waals surface area contributed by atoms with Crippen molar-refractivity contribution in [2.45, 2.75) is 6.18 Å². The average molecular weight is 282 g/mol. The van der Waals surface area contributed by atoms with Crippen molar-refractivity contribution in [3.05, 3.63) is 29.1 Å². The van der Waals surface area contributed by atoms with Crippen molar-refractivity contribution in [2.24, 2.45) is 0 Å². The van der Waals surface area contributed by atoms with Crippen LogP contribution in [0.5, 0.6) is 5.75 Å². The molecule has 0 amide bonds.